The lowest BCUT2D eigenvalue weighted by atomic mass is 10.1. The number of hydrogen-bond donors (Lipinski definition) is 2. The number of oxazole rings is 1. The van der Waals surface area contributed by atoms with E-state index in [1.807, 2.05) is 37.3 Å². The SMILES string of the molecule is Cc1c(NC(=S)NC(=O)c2ccccc2)cccc1-c1nc2ncccc2o1. The highest BCUT2D eigenvalue weighted by atomic mass is 32.1. The third-order valence-electron chi connectivity index (χ3n) is 4.24. The van der Waals surface area contributed by atoms with E-state index in [4.69, 9.17) is 16.6 Å². The smallest absolute Gasteiger partial charge is 0.257 e. The summed E-state index contributed by atoms with van der Waals surface area (Å²) in [6, 6.07) is 18.2. The lowest BCUT2D eigenvalue weighted by Crippen LogP contribution is -2.34. The van der Waals surface area contributed by atoms with E-state index in [-0.39, 0.29) is 11.0 Å². The zero-order valence-electron chi connectivity index (χ0n) is 15.0. The van der Waals surface area contributed by atoms with Crippen LogP contribution in [0.15, 0.2) is 71.3 Å². The van der Waals surface area contributed by atoms with Gasteiger partial charge < -0.3 is 9.73 Å². The molecule has 0 atom stereocenters. The van der Waals surface area contributed by atoms with Crippen molar-refractivity contribution in [3.63, 3.8) is 0 Å². The Kier molecular flexibility index (Phi) is 4.82. The van der Waals surface area contributed by atoms with Crippen molar-refractivity contribution in [1.29, 1.82) is 0 Å². The fraction of sp³-hybridized carbons (Fsp3) is 0.0476. The van der Waals surface area contributed by atoms with Gasteiger partial charge in [-0.2, -0.15) is 4.98 Å². The van der Waals surface area contributed by atoms with Gasteiger partial charge in [-0.05, 0) is 61.1 Å². The number of benzene rings is 2. The number of fused-ring (bicyclic) bond motifs is 1. The minimum Gasteiger partial charge on any atom is -0.434 e. The zero-order valence-corrected chi connectivity index (χ0v) is 15.8. The second-order valence-electron chi connectivity index (χ2n) is 6.10. The summed E-state index contributed by atoms with van der Waals surface area (Å²) in [6.45, 7) is 1.93. The van der Waals surface area contributed by atoms with Crippen LogP contribution in [0.5, 0.6) is 0 Å². The van der Waals surface area contributed by atoms with Gasteiger partial charge in [0.2, 0.25) is 5.89 Å². The van der Waals surface area contributed by atoms with Crippen LogP contribution >= 0.6 is 12.2 Å². The zero-order chi connectivity index (χ0) is 19.5. The van der Waals surface area contributed by atoms with Crippen LogP contribution in [0.2, 0.25) is 0 Å². The van der Waals surface area contributed by atoms with Crippen molar-refractivity contribution in [3.8, 4) is 11.5 Å². The molecule has 4 rings (SSSR count). The first-order valence-corrected chi connectivity index (χ1v) is 9.01. The molecule has 2 aromatic carbocycles. The van der Waals surface area contributed by atoms with Gasteiger partial charge in [-0.3, -0.25) is 10.1 Å². The highest BCUT2D eigenvalue weighted by molar-refractivity contribution is 7.80. The van der Waals surface area contributed by atoms with Gasteiger partial charge >= 0.3 is 0 Å². The maximum atomic E-state index is 12.2. The lowest BCUT2D eigenvalue weighted by molar-refractivity contribution is 0.0977. The maximum Gasteiger partial charge on any atom is 0.257 e. The fourth-order valence-corrected chi connectivity index (χ4v) is 3.01. The van der Waals surface area contributed by atoms with Gasteiger partial charge in [0.15, 0.2) is 16.3 Å². The molecule has 2 N–H and O–H groups in total. The van der Waals surface area contributed by atoms with Gasteiger partial charge in [-0.25, -0.2) is 4.98 Å². The number of aromatic nitrogens is 2. The summed E-state index contributed by atoms with van der Waals surface area (Å²) in [7, 11) is 0. The van der Waals surface area contributed by atoms with E-state index in [2.05, 4.69) is 20.6 Å². The van der Waals surface area contributed by atoms with Crippen LogP contribution in [0, 0.1) is 6.92 Å². The Hall–Kier alpha value is -3.58. The topological polar surface area (TPSA) is 80.0 Å². The monoisotopic (exact) mass is 388 g/mol. The van der Waals surface area contributed by atoms with Crippen molar-refractivity contribution in [2.45, 2.75) is 6.92 Å². The molecule has 0 aliphatic heterocycles. The third-order valence-corrected chi connectivity index (χ3v) is 4.44. The summed E-state index contributed by atoms with van der Waals surface area (Å²) in [5.74, 6) is 0.214. The van der Waals surface area contributed by atoms with Gasteiger partial charge in [0.05, 0.1) is 0 Å². The fourth-order valence-electron chi connectivity index (χ4n) is 2.81. The Morgan fingerprint density at radius 3 is 2.64 bits per heavy atom. The summed E-state index contributed by atoms with van der Waals surface area (Å²) in [5, 5.41) is 5.97. The molecular formula is C21H16N4O2S. The molecule has 0 bridgehead atoms. The summed E-state index contributed by atoms with van der Waals surface area (Å²) in [4.78, 5) is 20.9. The molecule has 0 unspecified atom stereocenters. The van der Waals surface area contributed by atoms with Crippen LogP contribution in [0.1, 0.15) is 15.9 Å². The highest BCUT2D eigenvalue weighted by Gasteiger charge is 2.14. The molecule has 0 aliphatic rings. The summed E-state index contributed by atoms with van der Waals surface area (Å²) in [5.41, 5.74) is 4.19. The molecule has 6 nitrogen and oxygen atoms in total. The van der Waals surface area contributed by atoms with Gasteiger partial charge in [-0.1, -0.05) is 24.3 Å². The maximum absolute atomic E-state index is 12.2. The summed E-state index contributed by atoms with van der Waals surface area (Å²) >= 11 is 5.29. The summed E-state index contributed by atoms with van der Waals surface area (Å²) < 4.78 is 5.81. The van der Waals surface area contributed by atoms with E-state index in [0.29, 0.717) is 22.7 Å². The third kappa shape index (κ3) is 3.60. The molecule has 4 aromatic rings. The Balaban J connectivity index is 1.55. The average molecular weight is 388 g/mol. The van der Waals surface area contributed by atoms with Crippen LogP contribution in [-0.4, -0.2) is 21.0 Å². The number of carbonyl (C=O) groups excluding carboxylic acids is 1. The van der Waals surface area contributed by atoms with E-state index in [0.717, 1.165) is 16.8 Å². The van der Waals surface area contributed by atoms with Gasteiger partial charge in [0, 0.05) is 23.0 Å². The molecule has 0 saturated carbocycles. The van der Waals surface area contributed by atoms with Crippen molar-refractivity contribution in [2.24, 2.45) is 0 Å². The van der Waals surface area contributed by atoms with Crippen molar-refractivity contribution >= 4 is 40.2 Å². The first-order valence-electron chi connectivity index (χ1n) is 8.61. The van der Waals surface area contributed by atoms with E-state index < -0.39 is 0 Å². The van der Waals surface area contributed by atoms with Crippen LogP contribution in [0.4, 0.5) is 5.69 Å². The predicted octanol–water partition coefficient (Wildman–Crippen LogP) is 4.33. The quantitative estimate of drug-likeness (QED) is 0.509. The number of pyridine rings is 1. The summed E-state index contributed by atoms with van der Waals surface area (Å²) in [6.07, 6.45) is 1.67. The first kappa shape index (κ1) is 17.8. The van der Waals surface area contributed by atoms with Gasteiger partial charge in [0.25, 0.3) is 5.91 Å². The molecule has 138 valence electrons. The average Bonchev–Trinajstić information content (AvgIpc) is 3.14. The molecule has 0 spiro atoms. The molecule has 1 amide bonds. The minimum atomic E-state index is -0.267. The predicted molar refractivity (Wildman–Crippen MR) is 112 cm³/mol. The van der Waals surface area contributed by atoms with Crippen molar-refractivity contribution < 1.29 is 9.21 Å². The Labute approximate surface area is 166 Å². The second-order valence-corrected chi connectivity index (χ2v) is 6.50. The second kappa shape index (κ2) is 7.58. The Morgan fingerprint density at radius 2 is 1.86 bits per heavy atom. The van der Waals surface area contributed by atoms with E-state index in [9.17, 15) is 4.79 Å². The Bertz CT molecular complexity index is 1140. The molecule has 0 radical (unpaired) electrons. The number of carbonyl (C=O) groups is 1. The van der Waals surface area contributed by atoms with Crippen molar-refractivity contribution in [2.75, 3.05) is 5.32 Å². The molecular weight excluding hydrogens is 372 g/mol. The van der Waals surface area contributed by atoms with E-state index in [1.165, 1.54) is 0 Å². The molecule has 2 heterocycles. The van der Waals surface area contributed by atoms with Crippen molar-refractivity contribution in [3.05, 3.63) is 78.0 Å². The molecule has 7 heteroatoms. The first-order chi connectivity index (χ1) is 13.6. The largest absolute Gasteiger partial charge is 0.434 e. The molecule has 0 saturated heterocycles. The number of hydrogen-bond acceptors (Lipinski definition) is 5. The van der Waals surface area contributed by atoms with E-state index in [1.54, 1.807) is 36.5 Å². The number of nitrogens with one attached hydrogen (secondary N) is 2. The number of amides is 1. The molecule has 2 aromatic heterocycles. The van der Waals surface area contributed by atoms with Crippen LogP contribution in [0.25, 0.3) is 22.7 Å². The number of rotatable bonds is 3. The Morgan fingerprint density at radius 1 is 1.04 bits per heavy atom. The van der Waals surface area contributed by atoms with Crippen LogP contribution in [0.3, 0.4) is 0 Å². The van der Waals surface area contributed by atoms with E-state index >= 15 is 0 Å². The number of nitrogens with zero attached hydrogens (tertiary/aromatic N) is 2. The van der Waals surface area contributed by atoms with Crippen molar-refractivity contribution in [1.82, 2.24) is 15.3 Å². The minimum absolute atomic E-state index is 0.216. The molecule has 28 heavy (non-hydrogen) atoms. The lowest BCUT2D eigenvalue weighted by Gasteiger charge is -2.13. The van der Waals surface area contributed by atoms with Gasteiger partial charge in [-0.15, -0.1) is 0 Å². The van der Waals surface area contributed by atoms with Gasteiger partial charge in [0.1, 0.15) is 0 Å². The number of anilines is 1. The molecule has 0 aliphatic carbocycles. The standard InChI is InChI=1S/C21H16N4O2S/c1-13-15(20-24-18-17(27-20)11-6-12-22-18)9-5-10-16(13)23-21(28)25-19(26)14-7-3-2-4-8-14/h2-12H,1H3,(H2,23,25,26,28). The molecule has 0 fully saturated rings. The van der Waals surface area contributed by atoms with Crippen LogP contribution in [-0.2, 0) is 0 Å². The van der Waals surface area contributed by atoms with Crippen LogP contribution < -0.4 is 10.6 Å². The number of thiocarbonyl (C=S) groups is 1. The normalized spacial score (nSPS) is 10.6. The highest BCUT2D eigenvalue weighted by Crippen LogP contribution is 2.29.